The molecular weight excluding hydrogens is 312 g/mol. The molecule has 0 amide bonds. The van der Waals surface area contributed by atoms with Gasteiger partial charge in [-0.2, -0.15) is 5.10 Å². The minimum Gasteiger partial charge on any atom is -0.461 e. The molecule has 1 aromatic heterocycles. The van der Waals surface area contributed by atoms with Gasteiger partial charge < -0.3 is 4.74 Å². The van der Waals surface area contributed by atoms with Gasteiger partial charge in [-0.1, -0.05) is 41.9 Å². The smallest absolute Gasteiger partial charge is 0.358 e. The number of ether oxygens (including phenoxy) is 1. The molecular formula is C18H15ClN2O2. The van der Waals surface area contributed by atoms with E-state index in [4.69, 9.17) is 16.3 Å². The van der Waals surface area contributed by atoms with Gasteiger partial charge in [-0.3, -0.25) is 0 Å². The third kappa shape index (κ3) is 3.27. The average molecular weight is 327 g/mol. The monoisotopic (exact) mass is 326 g/mol. The lowest BCUT2D eigenvalue weighted by Crippen LogP contribution is -2.06. The molecule has 2 aromatic carbocycles. The number of aromatic nitrogens is 2. The fourth-order valence-electron chi connectivity index (χ4n) is 2.28. The van der Waals surface area contributed by atoms with Crippen LogP contribution in [0.3, 0.4) is 0 Å². The minimum atomic E-state index is -0.433. The predicted octanol–water partition coefficient (Wildman–Crippen LogP) is 4.37. The second-order valence-electron chi connectivity index (χ2n) is 4.89. The van der Waals surface area contributed by atoms with Crippen molar-refractivity contribution in [3.63, 3.8) is 0 Å². The molecule has 0 saturated heterocycles. The number of nitrogens with zero attached hydrogens (tertiary/aromatic N) is 2. The molecule has 23 heavy (non-hydrogen) atoms. The molecule has 0 unspecified atom stereocenters. The third-order valence-corrected chi connectivity index (χ3v) is 3.59. The third-order valence-electron chi connectivity index (χ3n) is 3.33. The van der Waals surface area contributed by atoms with Crippen molar-refractivity contribution < 1.29 is 9.53 Å². The van der Waals surface area contributed by atoms with Crippen LogP contribution in [0.25, 0.3) is 16.9 Å². The highest BCUT2D eigenvalue weighted by atomic mass is 35.5. The van der Waals surface area contributed by atoms with Crippen LogP contribution in [0.2, 0.25) is 5.02 Å². The lowest BCUT2D eigenvalue weighted by atomic mass is 10.1. The van der Waals surface area contributed by atoms with Crippen LogP contribution in [0, 0.1) is 0 Å². The Morgan fingerprint density at radius 1 is 1.13 bits per heavy atom. The number of halogens is 1. The first-order valence-electron chi connectivity index (χ1n) is 7.27. The summed E-state index contributed by atoms with van der Waals surface area (Å²) in [6, 6.07) is 18.8. The highest BCUT2D eigenvalue weighted by Gasteiger charge is 2.17. The number of carbonyl (C=O) groups excluding carboxylic acids is 1. The van der Waals surface area contributed by atoms with Crippen molar-refractivity contribution in [2.75, 3.05) is 6.61 Å². The van der Waals surface area contributed by atoms with Crippen LogP contribution in [0.5, 0.6) is 0 Å². The molecule has 0 fully saturated rings. The predicted molar refractivity (Wildman–Crippen MR) is 90.0 cm³/mol. The van der Waals surface area contributed by atoms with Crippen molar-refractivity contribution in [3.8, 4) is 16.9 Å². The Kier molecular flexibility index (Phi) is 4.44. The normalized spacial score (nSPS) is 10.5. The van der Waals surface area contributed by atoms with Crippen molar-refractivity contribution in [1.82, 2.24) is 9.78 Å². The van der Waals surface area contributed by atoms with Crippen molar-refractivity contribution in [2.45, 2.75) is 6.92 Å². The van der Waals surface area contributed by atoms with Crippen molar-refractivity contribution in [1.29, 1.82) is 0 Å². The highest BCUT2D eigenvalue weighted by molar-refractivity contribution is 6.30. The Hall–Kier alpha value is -2.59. The summed E-state index contributed by atoms with van der Waals surface area (Å²) in [5.74, 6) is -0.433. The Morgan fingerprint density at radius 2 is 1.83 bits per heavy atom. The quantitative estimate of drug-likeness (QED) is 0.669. The number of rotatable bonds is 4. The van der Waals surface area contributed by atoms with Gasteiger partial charge in [0.1, 0.15) is 0 Å². The van der Waals surface area contributed by atoms with Crippen LogP contribution in [0.4, 0.5) is 0 Å². The molecule has 0 N–H and O–H groups in total. The van der Waals surface area contributed by atoms with Crippen LogP contribution < -0.4 is 0 Å². The summed E-state index contributed by atoms with van der Waals surface area (Å²) >= 11 is 5.95. The van der Waals surface area contributed by atoms with Gasteiger partial charge in [0.15, 0.2) is 5.69 Å². The van der Waals surface area contributed by atoms with Crippen LogP contribution in [0.1, 0.15) is 17.4 Å². The van der Waals surface area contributed by atoms with Crippen LogP contribution in [0.15, 0.2) is 60.7 Å². The molecule has 0 aliphatic heterocycles. The Bertz CT molecular complexity index is 811. The molecule has 0 aliphatic rings. The summed E-state index contributed by atoms with van der Waals surface area (Å²) in [4.78, 5) is 12.0. The minimum absolute atomic E-state index is 0.278. The molecule has 4 nitrogen and oxygen atoms in total. The maximum atomic E-state index is 12.0. The molecule has 3 aromatic rings. The summed E-state index contributed by atoms with van der Waals surface area (Å²) in [7, 11) is 0. The van der Waals surface area contributed by atoms with Gasteiger partial charge in [-0.05, 0) is 37.3 Å². The van der Waals surface area contributed by atoms with E-state index in [0.717, 1.165) is 16.9 Å². The van der Waals surface area contributed by atoms with Gasteiger partial charge in [0.05, 0.1) is 18.0 Å². The van der Waals surface area contributed by atoms with Gasteiger partial charge >= 0.3 is 5.97 Å². The standard InChI is InChI=1S/C18H15ClN2O2/c1-2-23-18(22)16-12-17(13-6-4-3-5-7-13)21(20-16)15-10-8-14(19)9-11-15/h3-12H,2H2,1H3. The van der Waals surface area contributed by atoms with Crippen LogP contribution >= 0.6 is 11.6 Å². The van der Waals surface area contributed by atoms with Gasteiger partial charge in [0.25, 0.3) is 0 Å². The van der Waals surface area contributed by atoms with Crippen molar-refractivity contribution in [3.05, 3.63) is 71.4 Å². The summed E-state index contributed by atoms with van der Waals surface area (Å²) in [6.45, 7) is 2.08. The fraction of sp³-hybridized carbons (Fsp3) is 0.111. The summed E-state index contributed by atoms with van der Waals surface area (Å²) < 4.78 is 6.77. The Balaban J connectivity index is 2.12. The molecule has 0 aliphatic carbocycles. The van der Waals surface area contributed by atoms with Crippen molar-refractivity contribution >= 4 is 17.6 Å². The highest BCUT2D eigenvalue weighted by Crippen LogP contribution is 2.25. The summed E-state index contributed by atoms with van der Waals surface area (Å²) in [5.41, 5.74) is 2.88. The molecule has 3 rings (SSSR count). The van der Waals surface area contributed by atoms with E-state index >= 15 is 0 Å². The molecule has 0 spiro atoms. The van der Waals surface area contributed by atoms with E-state index in [2.05, 4.69) is 5.10 Å². The maximum absolute atomic E-state index is 12.0. The fourth-order valence-corrected chi connectivity index (χ4v) is 2.41. The van der Waals surface area contributed by atoms with E-state index in [0.29, 0.717) is 11.6 Å². The average Bonchev–Trinajstić information content (AvgIpc) is 3.02. The first-order valence-corrected chi connectivity index (χ1v) is 7.65. The zero-order valence-corrected chi connectivity index (χ0v) is 13.3. The lowest BCUT2D eigenvalue weighted by molar-refractivity contribution is 0.0519. The second kappa shape index (κ2) is 6.67. The van der Waals surface area contributed by atoms with Gasteiger partial charge in [0, 0.05) is 10.6 Å². The van der Waals surface area contributed by atoms with E-state index in [9.17, 15) is 4.79 Å². The van der Waals surface area contributed by atoms with Crippen LogP contribution in [-0.4, -0.2) is 22.4 Å². The van der Waals surface area contributed by atoms with E-state index in [1.54, 1.807) is 29.8 Å². The first kappa shape index (κ1) is 15.3. The number of hydrogen-bond donors (Lipinski definition) is 0. The maximum Gasteiger partial charge on any atom is 0.358 e. The Labute approximate surface area is 139 Å². The number of carbonyl (C=O) groups is 1. The summed E-state index contributed by atoms with van der Waals surface area (Å²) in [5, 5.41) is 5.05. The zero-order chi connectivity index (χ0) is 16.2. The zero-order valence-electron chi connectivity index (χ0n) is 12.6. The molecule has 5 heteroatoms. The number of hydrogen-bond acceptors (Lipinski definition) is 3. The van der Waals surface area contributed by atoms with Crippen molar-refractivity contribution in [2.24, 2.45) is 0 Å². The van der Waals surface area contributed by atoms with E-state index in [1.807, 2.05) is 42.5 Å². The number of benzene rings is 2. The Morgan fingerprint density at radius 3 is 2.48 bits per heavy atom. The number of esters is 1. The van der Waals surface area contributed by atoms with Gasteiger partial charge in [0.2, 0.25) is 0 Å². The van der Waals surface area contributed by atoms with Gasteiger partial charge in [-0.15, -0.1) is 0 Å². The molecule has 0 atom stereocenters. The first-order chi connectivity index (χ1) is 11.2. The van der Waals surface area contributed by atoms with E-state index in [-0.39, 0.29) is 5.69 Å². The molecule has 1 heterocycles. The molecule has 116 valence electrons. The lowest BCUT2D eigenvalue weighted by Gasteiger charge is -2.07. The molecule has 0 bridgehead atoms. The van der Waals surface area contributed by atoms with Gasteiger partial charge in [-0.25, -0.2) is 9.48 Å². The SMILES string of the molecule is CCOC(=O)c1cc(-c2ccccc2)n(-c2ccc(Cl)cc2)n1. The molecule has 0 saturated carbocycles. The van der Waals surface area contributed by atoms with E-state index < -0.39 is 5.97 Å². The summed E-state index contributed by atoms with van der Waals surface area (Å²) in [6.07, 6.45) is 0. The van der Waals surface area contributed by atoms with Crippen LogP contribution in [-0.2, 0) is 4.74 Å². The molecule has 0 radical (unpaired) electrons. The largest absolute Gasteiger partial charge is 0.461 e. The van der Waals surface area contributed by atoms with E-state index in [1.165, 1.54) is 0 Å². The topological polar surface area (TPSA) is 44.1 Å². The second-order valence-corrected chi connectivity index (χ2v) is 5.33.